The monoisotopic (exact) mass is 248 g/mol. The minimum Gasteiger partial charge on any atom is -0.375 e. The van der Waals surface area contributed by atoms with Gasteiger partial charge in [0.15, 0.2) is 0 Å². The van der Waals surface area contributed by atoms with E-state index in [9.17, 15) is 10.1 Å². The van der Waals surface area contributed by atoms with Crippen molar-refractivity contribution in [3.63, 3.8) is 0 Å². The van der Waals surface area contributed by atoms with E-state index < -0.39 is 0 Å². The number of para-hydroxylation sites is 1. The Balaban J connectivity index is 2.21. The van der Waals surface area contributed by atoms with Gasteiger partial charge in [-0.25, -0.2) is 0 Å². The highest BCUT2D eigenvalue weighted by Crippen LogP contribution is 2.28. The van der Waals surface area contributed by atoms with Crippen molar-refractivity contribution in [2.45, 2.75) is 13.5 Å². The Morgan fingerprint density at radius 3 is 2.88 bits per heavy atom. The Labute approximate surface area is 103 Å². The maximum atomic E-state index is 11.0. The minimum absolute atomic E-state index is 0.155. The average molecular weight is 248 g/mol. The summed E-state index contributed by atoms with van der Waals surface area (Å²) in [7, 11) is 0. The van der Waals surface area contributed by atoms with E-state index in [2.05, 4.69) is 5.32 Å². The van der Waals surface area contributed by atoms with Crippen LogP contribution in [0.1, 0.15) is 11.1 Å². The first kappa shape index (κ1) is 11.6. The van der Waals surface area contributed by atoms with Crippen molar-refractivity contribution in [1.29, 1.82) is 0 Å². The molecule has 4 nitrogen and oxygen atoms in total. The molecule has 17 heavy (non-hydrogen) atoms. The van der Waals surface area contributed by atoms with Crippen LogP contribution in [0, 0.1) is 17.0 Å². The molecule has 0 bridgehead atoms. The van der Waals surface area contributed by atoms with E-state index >= 15 is 0 Å². The van der Waals surface area contributed by atoms with Gasteiger partial charge in [-0.2, -0.15) is 11.3 Å². The maximum Gasteiger partial charge on any atom is 0.295 e. The molecule has 1 aromatic heterocycles. The quantitative estimate of drug-likeness (QED) is 0.664. The third kappa shape index (κ3) is 2.62. The second-order valence-corrected chi connectivity index (χ2v) is 4.49. The third-order valence-corrected chi connectivity index (χ3v) is 3.22. The fraction of sp³-hybridized carbons (Fsp3) is 0.167. The molecule has 1 N–H and O–H groups in total. The zero-order valence-corrected chi connectivity index (χ0v) is 10.2. The number of thiophene rings is 1. The second kappa shape index (κ2) is 4.97. The molecule has 0 unspecified atom stereocenters. The van der Waals surface area contributed by atoms with Gasteiger partial charge in [-0.3, -0.25) is 10.1 Å². The number of hydrogen-bond acceptors (Lipinski definition) is 4. The Morgan fingerprint density at radius 2 is 2.24 bits per heavy atom. The number of hydrogen-bond donors (Lipinski definition) is 1. The van der Waals surface area contributed by atoms with Crippen LogP contribution in [-0.2, 0) is 6.54 Å². The van der Waals surface area contributed by atoms with E-state index in [4.69, 9.17) is 0 Å². The van der Waals surface area contributed by atoms with Crippen LogP contribution in [0.5, 0.6) is 0 Å². The van der Waals surface area contributed by atoms with E-state index in [1.165, 1.54) is 0 Å². The standard InChI is InChI=1S/C12H12N2O2S/c1-9-3-2-4-11(12(9)14(15)16)13-7-10-5-6-17-8-10/h2-6,8,13H,7H2,1H3. The molecule has 0 saturated carbocycles. The highest BCUT2D eigenvalue weighted by Gasteiger charge is 2.16. The van der Waals surface area contributed by atoms with Crippen LogP contribution in [0.25, 0.3) is 0 Å². The Morgan fingerprint density at radius 1 is 1.41 bits per heavy atom. The highest BCUT2D eigenvalue weighted by molar-refractivity contribution is 7.07. The van der Waals surface area contributed by atoms with Gasteiger partial charge in [0.05, 0.1) is 4.92 Å². The summed E-state index contributed by atoms with van der Waals surface area (Å²) in [4.78, 5) is 10.6. The summed E-state index contributed by atoms with van der Waals surface area (Å²) < 4.78 is 0. The van der Waals surface area contributed by atoms with Gasteiger partial charge in [0.25, 0.3) is 5.69 Å². The largest absolute Gasteiger partial charge is 0.375 e. The van der Waals surface area contributed by atoms with Crippen LogP contribution >= 0.6 is 11.3 Å². The van der Waals surface area contributed by atoms with Crippen LogP contribution < -0.4 is 5.32 Å². The molecule has 0 fully saturated rings. The lowest BCUT2D eigenvalue weighted by molar-refractivity contribution is -0.384. The maximum absolute atomic E-state index is 11.0. The fourth-order valence-corrected chi connectivity index (χ4v) is 2.30. The van der Waals surface area contributed by atoms with Crippen LogP contribution in [0.4, 0.5) is 11.4 Å². The number of nitrogens with one attached hydrogen (secondary N) is 1. The van der Waals surface area contributed by atoms with Gasteiger partial charge in [-0.05, 0) is 35.4 Å². The van der Waals surface area contributed by atoms with Crippen molar-refractivity contribution in [2.24, 2.45) is 0 Å². The van der Waals surface area contributed by atoms with E-state index in [1.54, 1.807) is 30.4 Å². The molecule has 0 saturated heterocycles. The molecule has 2 aromatic rings. The van der Waals surface area contributed by atoms with E-state index in [1.807, 2.05) is 22.9 Å². The van der Waals surface area contributed by atoms with Crippen LogP contribution in [0.2, 0.25) is 0 Å². The fourth-order valence-electron chi connectivity index (χ4n) is 1.63. The summed E-state index contributed by atoms with van der Waals surface area (Å²) in [6.07, 6.45) is 0. The number of rotatable bonds is 4. The molecule has 88 valence electrons. The number of nitrogens with zero attached hydrogens (tertiary/aromatic N) is 1. The first-order valence-corrected chi connectivity index (χ1v) is 6.11. The van der Waals surface area contributed by atoms with Crippen molar-refractivity contribution in [3.05, 3.63) is 56.3 Å². The molecule has 0 radical (unpaired) electrons. The highest BCUT2D eigenvalue weighted by atomic mass is 32.1. The molecular formula is C12H12N2O2S. The smallest absolute Gasteiger partial charge is 0.295 e. The van der Waals surface area contributed by atoms with Crippen molar-refractivity contribution in [2.75, 3.05) is 5.32 Å². The number of benzene rings is 1. The van der Waals surface area contributed by atoms with Gasteiger partial charge in [0, 0.05) is 12.1 Å². The van der Waals surface area contributed by atoms with Crippen LogP contribution in [-0.4, -0.2) is 4.92 Å². The Bertz CT molecular complexity index is 523. The lowest BCUT2D eigenvalue weighted by Crippen LogP contribution is -2.03. The lowest BCUT2D eigenvalue weighted by atomic mass is 10.1. The number of nitro benzene ring substituents is 1. The summed E-state index contributed by atoms with van der Waals surface area (Å²) in [5.74, 6) is 0. The number of aryl methyl sites for hydroxylation is 1. The molecule has 0 atom stereocenters. The normalized spacial score (nSPS) is 10.2. The Hall–Kier alpha value is -1.88. The predicted octanol–water partition coefficient (Wildman–Crippen LogP) is 3.58. The molecule has 1 heterocycles. The van der Waals surface area contributed by atoms with E-state index in [0.717, 1.165) is 5.56 Å². The number of nitro groups is 1. The lowest BCUT2D eigenvalue weighted by Gasteiger charge is -2.07. The summed E-state index contributed by atoms with van der Waals surface area (Å²) in [6.45, 7) is 2.35. The van der Waals surface area contributed by atoms with Crippen LogP contribution in [0.3, 0.4) is 0 Å². The molecule has 2 rings (SSSR count). The number of anilines is 1. The zero-order chi connectivity index (χ0) is 12.3. The van der Waals surface area contributed by atoms with Gasteiger partial charge in [0.2, 0.25) is 0 Å². The molecule has 0 spiro atoms. The van der Waals surface area contributed by atoms with Gasteiger partial charge in [-0.1, -0.05) is 12.1 Å². The molecule has 0 aliphatic carbocycles. The summed E-state index contributed by atoms with van der Waals surface area (Å²) >= 11 is 1.61. The van der Waals surface area contributed by atoms with Gasteiger partial charge >= 0.3 is 0 Å². The summed E-state index contributed by atoms with van der Waals surface area (Å²) in [5.41, 5.74) is 2.53. The molecule has 5 heteroatoms. The molecule has 1 aromatic carbocycles. The molecular weight excluding hydrogens is 236 g/mol. The second-order valence-electron chi connectivity index (χ2n) is 3.71. The molecule has 0 aliphatic heterocycles. The molecule has 0 amide bonds. The van der Waals surface area contributed by atoms with Crippen LogP contribution in [0.15, 0.2) is 35.0 Å². The third-order valence-electron chi connectivity index (χ3n) is 2.48. The zero-order valence-electron chi connectivity index (χ0n) is 9.34. The van der Waals surface area contributed by atoms with E-state index in [-0.39, 0.29) is 10.6 Å². The van der Waals surface area contributed by atoms with E-state index in [0.29, 0.717) is 17.8 Å². The topological polar surface area (TPSA) is 55.2 Å². The van der Waals surface area contributed by atoms with Gasteiger partial charge < -0.3 is 5.32 Å². The minimum atomic E-state index is -0.342. The first-order chi connectivity index (χ1) is 8.18. The van der Waals surface area contributed by atoms with Crippen molar-refractivity contribution < 1.29 is 4.92 Å². The SMILES string of the molecule is Cc1cccc(NCc2ccsc2)c1[N+](=O)[O-]. The van der Waals surface area contributed by atoms with Crippen molar-refractivity contribution in [3.8, 4) is 0 Å². The van der Waals surface area contributed by atoms with Gasteiger partial charge in [-0.15, -0.1) is 0 Å². The first-order valence-electron chi connectivity index (χ1n) is 5.17. The predicted molar refractivity (Wildman–Crippen MR) is 69.5 cm³/mol. The van der Waals surface area contributed by atoms with Crippen molar-refractivity contribution in [1.82, 2.24) is 0 Å². The Kier molecular flexibility index (Phi) is 3.39. The molecule has 0 aliphatic rings. The van der Waals surface area contributed by atoms with Gasteiger partial charge in [0.1, 0.15) is 5.69 Å². The summed E-state index contributed by atoms with van der Waals surface area (Å²) in [6, 6.07) is 7.29. The average Bonchev–Trinajstić information content (AvgIpc) is 2.78. The van der Waals surface area contributed by atoms with Crippen molar-refractivity contribution >= 4 is 22.7 Å². The summed E-state index contributed by atoms with van der Waals surface area (Å²) in [5, 5.41) is 18.1.